The Morgan fingerprint density at radius 3 is 2.30 bits per heavy atom. The lowest BCUT2D eigenvalue weighted by Gasteiger charge is -2.42. The van der Waals surface area contributed by atoms with Crippen molar-refractivity contribution in [2.75, 3.05) is 7.05 Å². The zero-order valence-corrected chi connectivity index (χ0v) is 19.8. The van der Waals surface area contributed by atoms with Crippen LogP contribution in [0.15, 0.2) is 64.1 Å². The lowest BCUT2D eigenvalue weighted by Crippen LogP contribution is -2.62. The summed E-state index contributed by atoms with van der Waals surface area (Å²) in [6, 6.07) is 12.3. The number of hydrogen-bond acceptors (Lipinski definition) is 5. The van der Waals surface area contributed by atoms with Crippen molar-refractivity contribution >= 4 is 51.6 Å². The SMILES string of the molecule is CN1C(=O)N(Cc2ccc(C(=O)O)cc2)C(=O)N2C(C(=O)NCc3ccc(Br)cc3)=CSC12. The van der Waals surface area contributed by atoms with Gasteiger partial charge in [-0.25, -0.2) is 19.3 Å². The van der Waals surface area contributed by atoms with Crippen LogP contribution in [0, 0.1) is 0 Å². The predicted octanol–water partition coefficient (Wildman–Crippen LogP) is 3.62. The third-order valence-electron chi connectivity index (χ3n) is 5.22. The summed E-state index contributed by atoms with van der Waals surface area (Å²) in [6.45, 7) is 0.235. The highest BCUT2D eigenvalue weighted by Gasteiger charge is 2.48. The van der Waals surface area contributed by atoms with Crippen molar-refractivity contribution in [1.29, 1.82) is 0 Å². The molecule has 0 aromatic heterocycles. The zero-order chi connectivity index (χ0) is 23.7. The van der Waals surface area contributed by atoms with Crippen LogP contribution in [-0.4, -0.2) is 56.3 Å². The number of carboxylic acids is 1. The van der Waals surface area contributed by atoms with E-state index in [2.05, 4.69) is 21.2 Å². The number of rotatable bonds is 6. The van der Waals surface area contributed by atoms with Gasteiger partial charge in [0.15, 0.2) is 5.50 Å². The molecule has 0 spiro atoms. The number of nitrogens with zero attached hydrogens (tertiary/aromatic N) is 3. The number of hydrogen-bond donors (Lipinski definition) is 2. The quantitative estimate of drug-likeness (QED) is 0.590. The summed E-state index contributed by atoms with van der Waals surface area (Å²) in [5.41, 5.74) is 1.11. The highest BCUT2D eigenvalue weighted by molar-refractivity contribution is 9.10. The number of benzene rings is 2. The molecule has 33 heavy (non-hydrogen) atoms. The second kappa shape index (κ2) is 9.28. The van der Waals surface area contributed by atoms with Gasteiger partial charge in [-0.3, -0.25) is 14.6 Å². The Kier molecular flexibility index (Phi) is 6.43. The van der Waals surface area contributed by atoms with Gasteiger partial charge >= 0.3 is 18.0 Å². The summed E-state index contributed by atoms with van der Waals surface area (Å²) in [6.07, 6.45) is 0. The van der Waals surface area contributed by atoms with Crippen LogP contribution >= 0.6 is 27.7 Å². The fourth-order valence-electron chi connectivity index (χ4n) is 3.43. The molecule has 2 aliphatic rings. The molecule has 4 rings (SSSR count). The molecule has 11 heteroatoms. The monoisotopic (exact) mass is 530 g/mol. The standard InChI is InChI=1S/C22H19BrN4O5S/c1-25-20(31)26(11-14-2-6-15(7-3-14)19(29)30)21(32)27-17(12-33-22(25)27)18(28)24-10-13-4-8-16(23)9-5-13/h2-9,12,22H,10-11H2,1H3,(H,24,28)(H,29,30). The summed E-state index contributed by atoms with van der Waals surface area (Å²) < 4.78 is 0.930. The number of imide groups is 1. The van der Waals surface area contributed by atoms with E-state index in [0.29, 0.717) is 5.56 Å². The number of carbonyl (C=O) groups is 4. The van der Waals surface area contributed by atoms with Crippen molar-refractivity contribution in [3.63, 3.8) is 0 Å². The van der Waals surface area contributed by atoms with Crippen molar-refractivity contribution in [2.45, 2.75) is 18.6 Å². The number of fused-ring (bicyclic) bond motifs is 1. The van der Waals surface area contributed by atoms with Crippen molar-refractivity contribution < 1.29 is 24.3 Å². The van der Waals surface area contributed by atoms with Crippen LogP contribution in [0.2, 0.25) is 0 Å². The highest BCUT2D eigenvalue weighted by Crippen LogP contribution is 2.37. The van der Waals surface area contributed by atoms with E-state index in [1.807, 2.05) is 24.3 Å². The van der Waals surface area contributed by atoms with Gasteiger partial charge in [0.1, 0.15) is 5.70 Å². The number of carbonyl (C=O) groups excluding carboxylic acids is 3. The molecule has 0 bridgehead atoms. The topological polar surface area (TPSA) is 110 Å². The summed E-state index contributed by atoms with van der Waals surface area (Å²) in [5, 5.41) is 13.4. The first-order valence-corrected chi connectivity index (χ1v) is 11.6. The molecule has 0 aliphatic carbocycles. The average Bonchev–Trinajstić information content (AvgIpc) is 3.26. The van der Waals surface area contributed by atoms with E-state index < -0.39 is 29.4 Å². The first-order valence-electron chi connectivity index (χ1n) is 9.84. The first-order chi connectivity index (χ1) is 15.8. The molecule has 2 aromatic carbocycles. The molecule has 1 unspecified atom stereocenters. The predicted molar refractivity (Wildman–Crippen MR) is 125 cm³/mol. The molecule has 0 saturated carbocycles. The summed E-state index contributed by atoms with van der Waals surface area (Å²) in [5.74, 6) is -1.48. The van der Waals surface area contributed by atoms with Crippen molar-refractivity contribution in [1.82, 2.24) is 20.0 Å². The number of amides is 5. The van der Waals surface area contributed by atoms with Gasteiger partial charge in [0, 0.05) is 23.5 Å². The molecular weight excluding hydrogens is 512 g/mol. The Bertz CT molecular complexity index is 1150. The van der Waals surface area contributed by atoms with Crippen LogP contribution in [0.4, 0.5) is 9.59 Å². The van der Waals surface area contributed by atoms with Gasteiger partial charge in [0.05, 0.1) is 12.1 Å². The maximum atomic E-state index is 13.2. The van der Waals surface area contributed by atoms with Crippen molar-refractivity contribution in [3.8, 4) is 0 Å². The molecule has 1 atom stereocenters. The minimum absolute atomic E-state index is 0.0520. The maximum Gasteiger partial charge on any atom is 0.335 e. The molecule has 2 aliphatic heterocycles. The number of halogens is 1. The Hall–Kier alpha value is -3.31. The minimum Gasteiger partial charge on any atom is -0.478 e. The van der Waals surface area contributed by atoms with Gasteiger partial charge in [0.2, 0.25) is 0 Å². The Labute approximate surface area is 202 Å². The third-order valence-corrected chi connectivity index (χ3v) is 6.88. The number of carboxylic acid groups (broad SMARTS) is 1. The fourth-order valence-corrected chi connectivity index (χ4v) is 4.76. The van der Waals surface area contributed by atoms with E-state index in [0.717, 1.165) is 14.9 Å². The number of thioether (sulfide) groups is 1. The third kappa shape index (κ3) is 4.60. The van der Waals surface area contributed by atoms with Crippen LogP contribution in [-0.2, 0) is 17.9 Å². The van der Waals surface area contributed by atoms with Gasteiger partial charge < -0.3 is 10.4 Å². The lowest BCUT2D eigenvalue weighted by molar-refractivity contribution is -0.119. The molecule has 170 valence electrons. The summed E-state index contributed by atoms with van der Waals surface area (Å²) >= 11 is 4.57. The van der Waals surface area contributed by atoms with E-state index in [4.69, 9.17) is 5.11 Å². The highest BCUT2D eigenvalue weighted by atomic mass is 79.9. The van der Waals surface area contributed by atoms with E-state index in [1.54, 1.807) is 24.6 Å². The molecular formula is C22H19BrN4O5S. The Balaban J connectivity index is 1.49. The van der Waals surface area contributed by atoms with Crippen LogP contribution in [0.25, 0.3) is 0 Å². The van der Waals surface area contributed by atoms with Gasteiger partial charge in [-0.05, 0) is 35.4 Å². The maximum absolute atomic E-state index is 13.2. The zero-order valence-electron chi connectivity index (χ0n) is 17.4. The lowest BCUT2D eigenvalue weighted by atomic mass is 10.1. The van der Waals surface area contributed by atoms with E-state index in [-0.39, 0.29) is 24.4 Å². The Morgan fingerprint density at radius 1 is 1.03 bits per heavy atom. The van der Waals surface area contributed by atoms with Crippen LogP contribution in [0.1, 0.15) is 21.5 Å². The number of aromatic carboxylic acids is 1. The van der Waals surface area contributed by atoms with E-state index in [9.17, 15) is 19.2 Å². The molecule has 9 nitrogen and oxygen atoms in total. The largest absolute Gasteiger partial charge is 0.478 e. The van der Waals surface area contributed by atoms with Crippen LogP contribution in [0.5, 0.6) is 0 Å². The minimum atomic E-state index is -1.06. The Morgan fingerprint density at radius 2 is 1.67 bits per heavy atom. The van der Waals surface area contributed by atoms with Crippen LogP contribution in [0.3, 0.4) is 0 Å². The van der Waals surface area contributed by atoms with Gasteiger partial charge in [0.25, 0.3) is 5.91 Å². The van der Waals surface area contributed by atoms with Gasteiger partial charge in [-0.15, -0.1) is 0 Å². The number of nitrogens with one attached hydrogen (secondary N) is 1. The summed E-state index contributed by atoms with van der Waals surface area (Å²) in [7, 11) is 1.57. The molecule has 2 N–H and O–H groups in total. The fraction of sp³-hybridized carbons (Fsp3) is 0.182. The molecule has 1 fully saturated rings. The van der Waals surface area contributed by atoms with Crippen LogP contribution < -0.4 is 5.32 Å². The normalized spacial score (nSPS) is 17.7. The van der Waals surface area contributed by atoms with Crippen molar-refractivity contribution in [3.05, 3.63) is 80.8 Å². The number of urea groups is 2. The van der Waals surface area contributed by atoms with E-state index in [1.165, 1.54) is 33.7 Å². The molecule has 0 radical (unpaired) electrons. The first kappa shape index (κ1) is 22.9. The summed E-state index contributed by atoms with van der Waals surface area (Å²) in [4.78, 5) is 53.7. The molecule has 2 heterocycles. The van der Waals surface area contributed by atoms with Gasteiger partial charge in [-0.2, -0.15) is 0 Å². The molecule has 1 saturated heterocycles. The van der Waals surface area contributed by atoms with E-state index >= 15 is 0 Å². The smallest absolute Gasteiger partial charge is 0.335 e. The van der Waals surface area contributed by atoms with Crippen molar-refractivity contribution in [2.24, 2.45) is 0 Å². The van der Waals surface area contributed by atoms with Gasteiger partial charge in [-0.1, -0.05) is 52.0 Å². The molecule has 2 aromatic rings. The second-order valence-corrected chi connectivity index (χ2v) is 9.25. The molecule has 5 amide bonds. The second-order valence-electron chi connectivity index (χ2n) is 7.41. The average molecular weight is 531 g/mol.